The summed E-state index contributed by atoms with van der Waals surface area (Å²) in [4.78, 5) is 12.5. The molecule has 5 heteroatoms. The Morgan fingerprint density at radius 1 is 1.12 bits per heavy atom. The molecule has 118 valence electrons. The van der Waals surface area contributed by atoms with Gasteiger partial charge in [0.2, 0.25) is 0 Å². The highest BCUT2D eigenvalue weighted by Gasteiger charge is 2.12. The highest BCUT2D eigenvalue weighted by molar-refractivity contribution is 6.05. The van der Waals surface area contributed by atoms with Gasteiger partial charge in [-0.1, -0.05) is 18.2 Å². The van der Waals surface area contributed by atoms with Gasteiger partial charge in [-0.2, -0.15) is 10.4 Å². The van der Waals surface area contributed by atoms with E-state index in [9.17, 15) is 4.79 Å². The van der Waals surface area contributed by atoms with Crippen LogP contribution in [0.1, 0.15) is 27.3 Å². The van der Waals surface area contributed by atoms with Crippen molar-refractivity contribution in [2.75, 3.05) is 5.32 Å². The standard InChI is InChI=1S/C19H16N4O/c1-13-10-14(2)23(22-13)18-9-4-3-8-17(18)21-19(24)16-7-5-6-15(11-16)12-20/h3-11H,1-2H3,(H,21,24). The van der Waals surface area contributed by atoms with Crippen LogP contribution in [0.15, 0.2) is 54.6 Å². The largest absolute Gasteiger partial charge is 0.320 e. The molecule has 0 aliphatic carbocycles. The molecule has 2 aromatic carbocycles. The van der Waals surface area contributed by atoms with E-state index in [0.29, 0.717) is 16.8 Å². The minimum Gasteiger partial charge on any atom is -0.320 e. The first kappa shape index (κ1) is 15.5. The van der Waals surface area contributed by atoms with Crippen molar-refractivity contribution >= 4 is 11.6 Å². The van der Waals surface area contributed by atoms with Crippen LogP contribution in [0.5, 0.6) is 0 Å². The van der Waals surface area contributed by atoms with Crippen molar-refractivity contribution in [3.05, 3.63) is 77.1 Å². The third-order valence-electron chi connectivity index (χ3n) is 3.64. The normalized spacial score (nSPS) is 10.2. The topological polar surface area (TPSA) is 70.7 Å². The Morgan fingerprint density at radius 2 is 1.92 bits per heavy atom. The number of hydrogen-bond donors (Lipinski definition) is 1. The molecule has 1 N–H and O–H groups in total. The zero-order chi connectivity index (χ0) is 17.1. The van der Waals surface area contributed by atoms with E-state index in [1.54, 1.807) is 28.9 Å². The van der Waals surface area contributed by atoms with Crippen molar-refractivity contribution in [2.45, 2.75) is 13.8 Å². The van der Waals surface area contributed by atoms with E-state index in [4.69, 9.17) is 5.26 Å². The predicted octanol–water partition coefficient (Wildman–Crippen LogP) is 3.61. The minimum absolute atomic E-state index is 0.263. The Labute approximate surface area is 140 Å². The third kappa shape index (κ3) is 3.03. The molecular formula is C19H16N4O. The van der Waals surface area contributed by atoms with Gasteiger partial charge in [-0.3, -0.25) is 4.79 Å². The fraction of sp³-hybridized carbons (Fsp3) is 0.105. The van der Waals surface area contributed by atoms with Crippen LogP contribution in [0.4, 0.5) is 5.69 Å². The van der Waals surface area contributed by atoms with Crippen LogP contribution in [0.25, 0.3) is 5.69 Å². The summed E-state index contributed by atoms with van der Waals surface area (Å²) in [6.07, 6.45) is 0. The molecule has 1 amide bonds. The number of carbonyl (C=O) groups excluding carboxylic acids is 1. The second-order valence-corrected chi connectivity index (χ2v) is 5.50. The molecule has 0 unspecified atom stereocenters. The van der Waals surface area contributed by atoms with Crippen LogP contribution < -0.4 is 5.32 Å². The molecule has 1 aromatic heterocycles. The van der Waals surface area contributed by atoms with E-state index in [1.165, 1.54) is 0 Å². The predicted molar refractivity (Wildman–Crippen MR) is 92.1 cm³/mol. The molecule has 0 saturated carbocycles. The lowest BCUT2D eigenvalue weighted by molar-refractivity contribution is 0.102. The van der Waals surface area contributed by atoms with Crippen molar-refractivity contribution in [1.29, 1.82) is 5.26 Å². The van der Waals surface area contributed by atoms with Crippen molar-refractivity contribution in [1.82, 2.24) is 9.78 Å². The zero-order valence-corrected chi connectivity index (χ0v) is 13.4. The molecule has 3 aromatic rings. The first-order valence-corrected chi connectivity index (χ1v) is 7.52. The first-order chi connectivity index (χ1) is 11.6. The molecule has 3 rings (SSSR count). The number of nitrogens with one attached hydrogen (secondary N) is 1. The van der Waals surface area contributed by atoms with E-state index in [1.807, 2.05) is 50.2 Å². The van der Waals surface area contributed by atoms with E-state index in [2.05, 4.69) is 10.4 Å². The molecule has 0 aliphatic heterocycles. The van der Waals surface area contributed by atoms with Gasteiger partial charge >= 0.3 is 0 Å². The lowest BCUT2D eigenvalue weighted by Gasteiger charge is -2.12. The molecule has 1 heterocycles. The van der Waals surface area contributed by atoms with Crippen molar-refractivity contribution in [3.8, 4) is 11.8 Å². The molecule has 5 nitrogen and oxygen atoms in total. The number of hydrogen-bond acceptors (Lipinski definition) is 3. The van der Waals surface area contributed by atoms with Gasteiger partial charge in [0.05, 0.1) is 28.7 Å². The second kappa shape index (κ2) is 6.39. The fourth-order valence-corrected chi connectivity index (χ4v) is 2.56. The van der Waals surface area contributed by atoms with Gasteiger partial charge in [0.15, 0.2) is 0 Å². The van der Waals surface area contributed by atoms with Crippen LogP contribution in [0.3, 0.4) is 0 Å². The maximum absolute atomic E-state index is 12.5. The molecule has 0 saturated heterocycles. The van der Waals surface area contributed by atoms with Gasteiger partial charge in [0, 0.05) is 11.3 Å². The summed E-state index contributed by atoms with van der Waals surface area (Å²) in [7, 11) is 0. The maximum Gasteiger partial charge on any atom is 0.255 e. The maximum atomic E-state index is 12.5. The molecule has 24 heavy (non-hydrogen) atoms. The number of benzene rings is 2. The summed E-state index contributed by atoms with van der Waals surface area (Å²) in [5.41, 5.74) is 4.26. The number of nitriles is 1. The van der Waals surface area contributed by atoms with E-state index >= 15 is 0 Å². The monoisotopic (exact) mass is 316 g/mol. The van der Waals surface area contributed by atoms with E-state index < -0.39 is 0 Å². The van der Waals surface area contributed by atoms with Gasteiger partial charge < -0.3 is 5.32 Å². The molecule has 0 atom stereocenters. The summed E-state index contributed by atoms with van der Waals surface area (Å²) in [6.45, 7) is 3.90. The molecular weight excluding hydrogens is 300 g/mol. The summed E-state index contributed by atoms with van der Waals surface area (Å²) in [5, 5.41) is 16.3. The second-order valence-electron chi connectivity index (χ2n) is 5.50. The number of rotatable bonds is 3. The summed E-state index contributed by atoms with van der Waals surface area (Å²) in [6, 6.07) is 18.1. The Morgan fingerprint density at radius 3 is 2.62 bits per heavy atom. The summed E-state index contributed by atoms with van der Waals surface area (Å²) < 4.78 is 1.80. The fourth-order valence-electron chi connectivity index (χ4n) is 2.56. The number of amides is 1. The molecule has 0 radical (unpaired) electrons. The van der Waals surface area contributed by atoms with Gasteiger partial charge in [-0.15, -0.1) is 0 Å². The zero-order valence-electron chi connectivity index (χ0n) is 13.4. The number of carbonyl (C=O) groups is 1. The lowest BCUT2D eigenvalue weighted by atomic mass is 10.1. The smallest absolute Gasteiger partial charge is 0.255 e. The Hall–Kier alpha value is -3.39. The van der Waals surface area contributed by atoms with Crippen LogP contribution in [-0.4, -0.2) is 15.7 Å². The number of aryl methyl sites for hydroxylation is 2. The van der Waals surface area contributed by atoms with Crippen LogP contribution in [-0.2, 0) is 0 Å². The van der Waals surface area contributed by atoms with Gasteiger partial charge in [0.1, 0.15) is 0 Å². The molecule has 0 aliphatic rings. The highest BCUT2D eigenvalue weighted by atomic mass is 16.1. The Balaban J connectivity index is 1.95. The molecule has 0 bridgehead atoms. The van der Waals surface area contributed by atoms with E-state index in [-0.39, 0.29) is 5.91 Å². The number of aromatic nitrogens is 2. The Kier molecular flexibility index (Phi) is 4.13. The van der Waals surface area contributed by atoms with Gasteiger partial charge in [0.25, 0.3) is 5.91 Å². The highest BCUT2D eigenvalue weighted by Crippen LogP contribution is 2.22. The summed E-state index contributed by atoms with van der Waals surface area (Å²) in [5.74, 6) is -0.263. The number of para-hydroxylation sites is 2. The van der Waals surface area contributed by atoms with Crippen molar-refractivity contribution in [2.24, 2.45) is 0 Å². The third-order valence-corrected chi connectivity index (χ3v) is 3.64. The number of nitrogens with zero attached hydrogens (tertiary/aromatic N) is 3. The number of anilines is 1. The van der Waals surface area contributed by atoms with E-state index in [0.717, 1.165) is 17.1 Å². The average molecular weight is 316 g/mol. The quantitative estimate of drug-likeness (QED) is 0.802. The SMILES string of the molecule is Cc1cc(C)n(-c2ccccc2NC(=O)c2cccc(C#N)c2)n1. The van der Waals surface area contributed by atoms with Crippen molar-refractivity contribution in [3.63, 3.8) is 0 Å². The Bertz CT molecular complexity index is 950. The molecule has 0 fully saturated rings. The van der Waals surface area contributed by atoms with Crippen LogP contribution in [0, 0.1) is 25.2 Å². The van der Waals surface area contributed by atoms with Crippen LogP contribution >= 0.6 is 0 Å². The van der Waals surface area contributed by atoms with Crippen LogP contribution in [0.2, 0.25) is 0 Å². The van der Waals surface area contributed by atoms with Crippen molar-refractivity contribution < 1.29 is 4.79 Å². The lowest BCUT2D eigenvalue weighted by Crippen LogP contribution is -2.14. The molecule has 0 spiro atoms. The summed E-state index contributed by atoms with van der Waals surface area (Å²) >= 11 is 0. The average Bonchev–Trinajstić information content (AvgIpc) is 2.93. The minimum atomic E-state index is -0.263. The van der Waals surface area contributed by atoms with Gasteiger partial charge in [-0.25, -0.2) is 4.68 Å². The van der Waals surface area contributed by atoms with Gasteiger partial charge in [-0.05, 0) is 50.2 Å². The first-order valence-electron chi connectivity index (χ1n) is 7.52.